The topological polar surface area (TPSA) is 70.1 Å². The average Bonchev–Trinajstić information content (AvgIpc) is 2.96. The number of anilines is 1. The van der Waals surface area contributed by atoms with Crippen LogP contribution >= 0.6 is 11.8 Å². The fourth-order valence-corrected chi connectivity index (χ4v) is 4.89. The van der Waals surface area contributed by atoms with Gasteiger partial charge in [-0.3, -0.25) is 9.69 Å². The first-order valence-corrected chi connectivity index (χ1v) is 11.0. The molecule has 146 valence electrons. The number of amidine groups is 1. The molecule has 1 heterocycles. The van der Waals surface area contributed by atoms with E-state index in [-0.39, 0.29) is 16.0 Å². The number of sulfonamides is 1. The molecule has 1 aliphatic rings. The number of hydrogen-bond donors (Lipinski definition) is 0. The number of likely N-dealkylation sites (N-methyl/N-ethyl adjacent to an activating group) is 1. The van der Waals surface area contributed by atoms with Crippen LogP contribution in [0, 0.1) is 0 Å². The van der Waals surface area contributed by atoms with E-state index in [1.807, 2.05) is 43.3 Å². The van der Waals surface area contributed by atoms with Crippen LogP contribution in [0.3, 0.4) is 0 Å². The highest BCUT2D eigenvalue weighted by atomic mass is 32.2. The summed E-state index contributed by atoms with van der Waals surface area (Å²) in [4.78, 5) is 16.6. The van der Waals surface area contributed by atoms with Gasteiger partial charge in [-0.05, 0) is 54.6 Å². The van der Waals surface area contributed by atoms with Crippen LogP contribution in [0.15, 0.2) is 68.8 Å². The maximum atomic E-state index is 12.7. The van der Waals surface area contributed by atoms with Crippen LogP contribution < -0.4 is 4.90 Å². The molecule has 0 aliphatic carbocycles. The van der Waals surface area contributed by atoms with Crippen molar-refractivity contribution in [2.75, 3.05) is 25.5 Å². The van der Waals surface area contributed by atoms with E-state index in [1.54, 1.807) is 31.2 Å². The lowest BCUT2D eigenvalue weighted by molar-refractivity contribution is -0.122. The first-order chi connectivity index (χ1) is 13.3. The third kappa shape index (κ3) is 4.28. The van der Waals surface area contributed by atoms with Crippen molar-refractivity contribution in [3.8, 4) is 0 Å². The van der Waals surface area contributed by atoms with Crippen molar-refractivity contribution in [1.82, 2.24) is 4.90 Å². The fraction of sp³-hybridized carbons (Fsp3) is 0.200. The van der Waals surface area contributed by atoms with E-state index in [0.29, 0.717) is 11.4 Å². The Morgan fingerprint density at radius 2 is 1.71 bits per heavy atom. The van der Waals surface area contributed by atoms with Crippen molar-refractivity contribution in [3.63, 3.8) is 0 Å². The summed E-state index contributed by atoms with van der Waals surface area (Å²) in [6, 6.07) is 15.7. The van der Waals surface area contributed by atoms with Crippen LogP contribution in [0.1, 0.15) is 12.5 Å². The first kappa shape index (κ1) is 20.2. The van der Waals surface area contributed by atoms with Gasteiger partial charge in [-0.15, -0.1) is 4.40 Å². The molecule has 3 rings (SSSR count). The molecule has 8 heteroatoms. The Bertz CT molecular complexity index is 1030. The number of thioether (sulfide) groups is 1. The number of rotatable bonds is 5. The Hall–Kier alpha value is -2.58. The summed E-state index contributed by atoms with van der Waals surface area (Å²) >= 11 is 1.08. The van der Waals surface area contributed by atoms with Gasteiger partial charge < -0.3 is 4.90 Å². The van der Waals surface area contributed by atoms with Crippen molar-refractivity contribution in [2.45, 2.75) is 11.8 Å². The molecule has 1 saturated heterocycles. The smallest absolute Gasteiger partial charge is 0.284 e. The summed E-state index contributed by atoms with van der Waals surface area (Å²) in [5.74, 6) is -0.244. The second kappa shape index (κ2) is 8.20. The Morgan fingerprint density at radius 3 is 2.29 bits per heavy atom. The Labute approximate surface area is 169 Å². The van der Waals surface area contributed by atoms with Crippen LogP contribution in [0.25, 0.3) is 6.08 Å². The molecule has 6 nitrogen and oxygen atoms in total. The van der Waals surface area contributed by atoms with Gasteiger partial charge in [0.2, 0.25) is 0 Å². The monoisotopic (exact) mass is 415 g/mol. The van der Waals surface area contributed by atoms with Crippen molar-refractivity contribution < 1.29 is 13.2 Å². The van der Waals surface area contributed by atoms with E-state index in [1.165, 1.54) is 17.0 Å². The molecule has 0 atom stereocenters. The summed E-state index contributed by atoms with van der Waals surface area (Å²) < 4.78 is 29.0. The molecule has 2 aromatic carbocycles. The molecule has 2 aromatic rings. The molecule has 0 aromatic heterocycles. The standard InChI is InChI=1S/C20H21N3O3S2/c1-4-23-19(24)18(14-15-10-12-16(13-11-15)22(2)3)27-20(23)21-28(25,26)17-8-6-5-7-9-17/h5-14H,4H2,1-3H3/b18-14-,21-20+. The number of nitrogens with zero attached hydrogens (tertiary/aromatic N) is 3. The average molecular weight is 416 g/mol. The number of benzene rings is 2. The van der Waals surface area contributed by atoms with Gasteiger partial charge >= 0.3 is 0 Å². The lowest BCUT2D eigenvalue weighted by Gasteiger charge is -2.12. The van der Waals surface area contributed by atoms with E-state index in [0.717, 1.165) is 23.0 Å². The maximum Gasteiger partial charge on any atom is 0.284 e. The molecular weight excluding hydrogens is 394 g/mol. The lowest BCUT2D eigenvalue weighted by atomic mass is 10.2. The van der Waals surface area contributed by atoms with Crippen molar-refractivity contribution in [1.29, 1.82) is 0 Å². The normalized spacial score (nSPS) is 17.5. The minimum atomic E-state index is -3.88. The lowest BCUT2D eigenvalue weighted by Crippen LogP contribution is -2.29. The zero-order valence-corrected chi connectivity index (χ0v) is 17.5. The van der Waals surface area contributed by atoms with E-state index >= 15 is 0 Å². The summed E-state index contributed by atoms with van der Waals surface area (Å²) in [6.45, 7) is 2.13. The molecule has 1 aliphatic heterocycles. The number of hydrogen-bond acceptors (Lipinski definition) is 5. The summed E-state index contributed by atoms with van der Waals surface area (Å²) in [7, 11) is 0.0333. The van der Waals surface area contributed by atoms with Crippen LogP contribution in [0.5, 0.6) is 0 Å². The minimum absolute atomic E-state index is 0.100. The molecule has 1 amide bonds. The highest BCUT2D eigenvalue weighted by molar-refractivity contribution is 8.19. The molecule has 0 radical (unpaired) electrons. The van der Waals surface area contributed by atoms with Crippen LogP contribution in [-0.2, 0) is 14.8 Å². The largest absolute Gasteiger partial charge is 0.378 e. The molecule has 0 N–H and O–H groups in total. The van der Waals surface area contributed by atoms with Crippen molar-refractivity contribution in [3.05, 3.63) is 65.1 Å². The third-order valence-corrected chi connectivity index (χ3v) is 6.55. The summed E-state index contributed by atoms with van der Waals surface area (Å²) in [5, 5.41) is 0.174. The fourth-order valence-electron chi connectivity index (χ4n) is 2.62. The van der Waals surface area contributed by atoms with Crippen molar-refractivity contribution >= 4 is 44.6 Å². The molecule has 0 unspecified atom stereocenters. The van der Waals surface area contributed by atoms with Gasteiger partial charge in [0.05, 0.1) is 9.80 Å². The van der Waals surface area contributed by atoms with E-state index in [4.69, 9.17) is 0 Å². The SMILES string of the molecule is CCN1C(=O)/C(=C/c2ccc(N(C)C)cc2)S/C1=N/S(=O)(=O)c1ccccc1. The maximum absolute atomic E-state index is 12.7. The zero-order chi connectivity index (χ0) is 20.3. The highest BCUT2D eigenvalue weighted by Gasteiger charge is 2.33. The molecule has 0 spiro atoms. The first-order valence-electron chi connectivity index (χ1n) is 8.70. The molecule has 28 heavy (non-hydrogen) atoms. The Balaban J connectivity index is 1.92. The molecule has 0 bridgehead atoms. The van der Waals surface area contributed by atoms with Crippen LogP contribution in [-0.4, -0.2) is 45.0 Å². The molecular formula is C20H21N3O3S2. The summed E-state index contributed by atoms with van der Waals surface area (Å²) in [6.07, 6.45) is 1.76. The van der Waals surface area contributed by atoms with Crippen LogP contribution in [0.4, 0.5) is 5.69 Å². The van der Waals surface area contributed by atoms with Crippen molar-refractivity contribution in [2.24, 2.45) is 4.40 Å². The van der Waals surface area contributed by atoms with Gasteiger partial charge in [-0.25, -0.2) is 0 Å². The highest BCUT2D eigenvalue weighted by Crippen LogP contribution is 2.33. The minimum Gasteiger partial charge on any atom is -0.378 e. The third-order valence-electron chi connectivity index (χ3n) is 4.15. The second-order valence-corrected chi connectivity index (χ2v) is 8.92. The van der Waals surface area contributed by atoms with Gasteiger partial charge in [0.25, 0.3) is 15.9 Å². The van der Waals surface area contributed by atoms with E-state index < -0.39 is 10.0 Å². The van der Waals surface area contributed by atoms with Gasteiger partial charge in [0.1, 0.15) is 0 Å². The van der Waals surface area contributed by atoms with E-state index in [9.17, 15) is 13.2 Å². The van der Waals surface area contributed by atoms with Gasteiger partial charge in [-0.1, -0.05) is 30.3 Å². The number of carbonyl (C=O) groups excluding carboxylic acids is 1. The van der Waals surface area contributed by atoms with E-state index in [2.05, 4.69) is 4.40 Å². The second-order valence-electron chi connectivity index (χ2n) is 6.31. The van der Waals surface area contributed by atoms with Gasteiger partial charge in [-0.2, -0.15) is 8.42 Å². The number of amides is 1. The Morgan fingerprint density at radius 1 is 1.07 bits per heavy atom. The predicted octanol–water partition coefficient (Wildman–Crippen LogP) is 3.43. The zero-order valence-electron chi connectivity index (χ0n) is 15.9. The van der Waals surface area contributed by atoms with Gasteiger partial charge in [0, 0.05) is 26.3 Å². The summed E-state index contributed by atoms with van der Waals surface area (Å²) in [5.41, 5.74) is 1.92. The quantitative estimate of drug-likeness (QED) is 0.700. The Kier molecular flexibility index (Phi) is 5.90. The number of carbonyl (C=O) groups is 1. The van der Waals surface area contributed by atoms with Crippen LogP contribution in [0.2, 0.25) is 0 Å². The molecule has 0 saturated carbocycles. The van der Waals surface area contributed by atoms with Gasteiger partial charge in [0.15, 0.2) is 5.17 Å². The predicted molar refractivity (Wildman–Crippen MR) is 115 cm³/mol. The molecule has 1 fully saturated rings.